The van der Waals surface area contributed by atoms with Crippen LogP contribution in [0.1, 0.15) is 52.9 Å². The highest BCUT2D eigenvalue weighted by atomic mass is 16.2. The molecule has 1 saturated heterocycles. The summed E-state index contributed by atoms with van der Waals surface area (Å²) in [7, 11) is 0. The Morgan fingerprint density at radius 1 is 1.25 bits per heavy atom. The molecule has 0 aromatic carbocycles. The molecule has 0 aliphatic carbocycles. The highest BCUT2D eigenvalue weighted by Gasteiger charge is 2.34. The minimum absolute atomic E-state index is 0.145. The number of carbonyl (C=O) groups is 1. The summed E-state index contributed by atoms with van der Waals surface area (Å²) in [4.78, 5) is 16.7. The number of nitrogens with zero attached hydrogens (tertiary/aromatic N) is 2. The Morgan fingerprint density at radius 2 is 1.90 bits per heavy atom. The van der Waals surface area contributed by atoms with Crippen LogP contribution in [0, 0.1) is 5.41 Å². The maximum atomic E-state index is 12.2. The van der Waals surface area contributed by atoms with Crippen molar-refractivity contribution in [2.45, 2.75) is 52.9 Å². The van der Waals surface area contributed by atoms with Gasteiger partial charge in [-0.15, -0.1) is 0 Å². The molecule has 118 valence electrons. The molecule has 1 rings (SSSR count). The third-order valence-corrected chi connectivity index (χ3v) is 4.35. The smallest absolute Gasteiger partial charge is 0.222 e. The Balaban J connectivity index is 2.26. The fourth-order valence-corrected chi connectivity index (χ4v) is 2.98. The lowest BCUT2D eigenvalue weighted by Crippen LogP contribution is -2.35. The van der Waals surface area contributed by atoms with Gasteiger partial charge in [-0.3, -0.25) is 4.79 Å². The Labute approximate surface area is 124 Å². The molecule has 0 saturated carbocycles. The van der Waals surface area contributed by atoms with E-state index in [-0.39, 0.29) is 5.41 Å². The third kappa shape index (κ3) is 5.41. The first-order valence-corrected chi connectivity index (χ1v) is 8.25. The average Bonchev–Trinajstić information content (AvgIpc) is 2.83. The molecule has 0 bridgehead atoms. The van der Waals surface area contributed by atoms with Crippen LogP contribution in [0.3, 0.4) is 0 Å². The number of hydrogen-bond acceptors (Lipinski definition) is 3. The zero-order valence-corrected chi connectivity index (χ0v) is 13.7. The van der Waals surface area contributed by atoms with Crippen LogP contribution in [-0.2, 0) is 4.79 Å². The molecule has 4 nitrogen and oxygen atoms in total. The number of carbonyl (C=O) groups excluding carboxylic acids is 1. The molecule has 1 heterocycles. The molecule has 0 aromatic rings. The maximum absolute atomic E-state index is 12.2. The Bertz CT molecular complexity index is 289. The molecule has 1 aliphatic rings. The largest absolute Gasteiger partial charge is 0.342 e. The molecule has 0 aromatic heterocycles. The van der Waals surface area contributed by atoms with Crippen molar-refractivity contribution < 1.29 is 4.79 Å². The Hall–Kier alpha value is -0.610. The number of rotatable bonds is 9. The van der Waals surface area contributed by atoms with Crippen molar-refractivity contribution in [2.24, 2.45) is 11.1 Å². The summed E-state index contributed by atoms with van der Waals surface area (Å²) in [5.41, 5.74) is 5.94. The van der Waals surface area contributed by atoms with Crippen molar-refractivity contribution in [3.63, 3.8) is 0 Å². The SMILES string of the molecule is CCCN(CCC)CCCC(=O)N1CCC(C)(CN)C1. The second-order valence-corrected chi connectivity index (χ2v) is 6.53. The number of likely N-dealkylation sites (tertiary alicyclic amines) is 1. The number of amides is 1. The fraction of sp³-hybridized carbons (Fsp3) is 0.938. The molecule has 20 heavy (non-hydrogen) atoms. The topological polar surface area (TPSA) is 49.6 Å². The summed E-state index contributed by atoms with van der Waals surface area (Å²) in [6.07, 6.45) is 5.09. The van der Waals surface area contributed by atoms with Gasteiger partial charge in [0.05, 0.1) is 0 Å². The minimum atomic E-state index is 0.145. The van der Waals surface area contributed by atoms with Gasteiger partial charge in [0.15, 0.2) is 0 Å². The van der Waals surface area contributed by atoms with E-state index < -0.39 is 0 Å². The van der Waals surface area contributed by atoms with Crippen LogP contribution in [0.2, 0.25) is 0 Å². The van der Waals surface area contributed by atoms with Gasteiger partial charge < -0.3 is 15.5 Å². The first-order valence-electron chi connectivity index (χ1n) is 8.25. The van der Waals surface area contributed by atoms with Crippen LogP contribution in [0.4, 0.5) is 0 Å². The fourth-order valence-electron chi connectivity index (χ4n) is 2.98. The van der Waals surface area contributed by atoms with Crippen LogP contribution >= 0.6 is 0 Å². The highest BCUT2D eigenvalue weighted by molar-refractivity contribution is 5.76. The average molecular weight is 283 g/mol. The summed E-state index contributed by atoms with van der Waals surface area (Å²) in [5.74, 6) is 0.315. The van der Waals surface area contributed by atoms with E-state index in [0.717, 1.165) is 45.6 Å². The summed E-state index contributed by atoms with van der Waals surface area (Å²) < 4.78 is 0. The van der Waals surface area contributed by atoms with Gasteiger partial charge in [-0.1, -0.05) is 20.8 Å². The van der Waals surface area contributed by atoms with Gasteiger partial charge in [-0.25, -0.2) is 0 Å². The van der Waals surface area contributed by atoms with Crippen molar-refractivity contribution >= 4 is 5.91 Å². The summed E-state index contributed by atoms with van der Waals surface area (Å²) >= 11 is 0. The van der Waals surface area contributed by atoms with E-state index in [1.165, 1.54) is 12.8 Å². The minimum Gasteiger partial charge on any atom is -0.342 e. The van der Waals surface area contributed by atoms with Crippen molar-refractivity contribution in [3.8, 4) is 0 Å². The molecular weight excluding hydrogens is 250 g/mol. The first-order chi connectivity index (χ1) is 9.54. The molecule has 1 aliphatic heterocycles. The second kappa shape index (κ2) is 8.63. The van der Waals surface area contributed by atoms with E-state index in [0.29, 0.717) is 18.9 Å². The summed E-state index contributed by atoms with van der Waals surface area (Å²) in [6.45, 7) is 12.4. The molecule has 1 amide bonds. The lowest BCUT2D eigenvalue weighted by atomic mass is 9.90. The zero-order chi connectivity index (χ0) is 15.0. The van der Waals surface area contributed by atoms with Crippen molar-refractivity contribution in [1.29, 1.82) is 0 Å². The van der Waals surface area contributed by atoms with E-state index in [4.69, 9.17) is 5.73 Å². The predicted molar refractivity (Wildman–Crippen MR) is 84.6 cm³/mol. The summed E-state index contributed by atoms with van der Waals surface area (Å²) in [5, 5.41) is 0. The lowest BCUT2D eigenvalue weighted by molar-refractivity contribution is -0.130. The van der Waals surface area contributed by atoms with Crippen LogP contribution in [0.25, 0.3) is 0 Å². The van der Waals surface area contributed by atoms with E-state index in [2.05, 4.69) is 25.7 Å². The van der Waals surface area contributed by atoms with Gasteiger partial charge in [0.1, 0.15) is 0 Å². The van der Waals surface area contributed by atoms with Crippen LogP contribution in [0.15, 0.2) is 0 Å². The molecule has 2 N–H and O–H groups in total. The quantitative estimate of drug-likeness (QED) is 0.705. The molecule has 4 heteroatoms. The van der Waals surface area contributed by atoms with Crippen LogP contribution in [-0.4, -0.2) is 55.0 Å². The standard InChI is InChI=1S/C16H33N3O/c1-4-9-18(10-5-2)11-6-7-15(20)19-12-8-16(3,13-17)14-19/h4-14,17H2,1-3H3. The maximum Gasteiger partial charge on any atom is 0.222 e. The van der Waals surface area contributed by atoms with Gasteiger partial charge in [0.2, 0.25) is 5.91 Å². The molecule has 0 radical (unpaired) electrons. The van der Waals surface area contributed by atoms with Crippen LogP contribution in [0.5, 0.6) is 0 Å². The van der Waals surface area contributed by atoms with Gasteiger partial charge in [0.25, 0.3) is 0 Å². The number of hydrogen-bond donors (Lipinski definition) is 1. The predicted octanol–water partition coefficient (Wildman–Crippen LogP) is 2.09. The highest BCUT2D eigenvalue weighted by Crippen LogP contribution is 2.28. The zero-order valence-electron chi connectivity index (χ0n) is 13.7. The number of nitrogens with two attached hydrogens (primary N) is 1. The second-order valence-electron chi connectivity index (χ2n) is 6.53. The molecule has 0 spiro atoms. The van der Waals surface area contributed by atoms with Gasteiger partial charge in [-0.05, 0) is 57.3 Å². The van der Waals surface area contributed by atoms with E-state index in [9.17, 15) is 4.79 Å². The van der Waals surface area contributed by atoms with Gasteiger partial charge in [0, 0.05) is 19.5 Å². The van der Waals surface area contributed by atoms with Crippen LogP contribution < -0.4 is 5.73 Å². The Morgan fingerprint density at radius 3 is 2.40 bits per heavy atom. The molecular formula is C16H33N3O. The normalized spacial score (nSPS) is 22.8. The van der Waals surface area contributed by atoms with Gasteiger partial charge >= 0.3 is 0 Å². The summed E-state index contributed by atoms with van der Waals surface area (Å²) in [6, 6.07) is 0. The first kappa shape index (κ1) is 17.4. The van der Waals surface area contributed by atoms with E-state index in [1.54, 1.807) is 0 Å². The lowest BCUT2D eigenvalue weighted by Gasteiger charge is -2.23. The van der Waals surface area contributed by atoms with Crippen molar-refractivity contribution in [1.82, 2.24) is 9.80 Å². The van der Waals surface area contributed by atoms with Crippen molar-refractivity contribution in [2.75, 3.05) is 39.3 Å². The van der Waals surface area contributed by atoms with E-state index in [1.807, 2.05) is 4.90 Å². The molecule has 1 unspecified atom stereocenters. The molecule has 1 atom stereocenters. The monoisotopic (exact) mass is 283 g/mol. The van der Waals surface area contributed by atoms with Gasteiger partial charge in [-0.2, -0.15) is 0 Å². The third-order valence-electron chi connectivity index (χ3n) is 4.35. The van der Waals surface area contributed by atoms with E-state index >= 15 is 0 Å². The Kier molecular flexibility index (Phi) is 7.52. The molecule has 1 fully saturated rings. The van der Waals surface area contributed by atoms with Crippen molar-refractivity contribution in [3.05, 3.63) is 0 Å².